The third-order valence-corrected chi connectivity index (χ3v) is 4.77. The van der Waals surface area contributed by atoms with Crippen LogP contribution in [0.2, 0.25) is 0 Å². The number of aryl methyl sites for hydroxylation is 2. The van der Waals surface area contributed by atoms with Crippen molar-refractivity contribution in [2.45, 2.75) is 19.3 Å². The van der Waals surface area contributed by atoms with Crippen molar-refractivity contribution in [3.05, 3.63) is 58.0 Å². The Labute approximate surface area is 144 Å². The maximum Gasteiger partial charge on any atom is 0.274 e. The van der Waals surface area contributed by atoms with E-state index in [-0.39, 0.29) is 17.4 Å². The molecular formula is C18H19N5O2. The number of amides is 1. The number of imidazole rings is 1. The van der Waals surface area contributed by atoms with Crippen LogP contribution >= 0.6 is 0 Å². The lowest BCUT2D eigenvalue weighted by atomic mass is 10.1. The molecule has 3 heterocycles. The zero-order valence-corrected chi connectivity index (χ0v) is 14.2. The molecule has 7 heteroatoms. The van der Waals surface area contributed by atoms with Gasteiger partial charge in [-0.2, -0.15) is 5.10 Å². The molecular weight excluding hydrogens is 318 g/mol. The molecule has 0 aliphatic carbocycles. The Morgan fingerprint density at radius 2 is 2.04 bits per heavy atom. The number of nitrogens with one attached hydrogen (secondary N) is 1. The van der Waals surface area contributed by atoms with Crippen molar-refractivity contribution in [2.24, 2.45) is 7.05 Å². The van der Waals surface area contributed by atoms with Crippen LogP contribution in [0.25, 0.3) is 10.8 Å². The number of H-pyrrole nitrogens is 1. The molecule has 1 fully saturated rings. The molecule has 1 saturated heterocycles. The lowest BCUT2D eigenvalue weighted by molar-refractivity contribution is 0.0785. The molecule has 1 aromatic carbocycles. The van der Waals surface area contributed by atoms with Gasteiger partial charge in [-0.1, -0.05) is 18.2 Å². The minimum Gasteiger partial charge on any atom is -0.337 e. The van der Waals surface area contributed by atoms with Crippen molar-refractivity contribution >= 4 is 16.7 Å². The van der Waals surface area contributed by atoms with Crippen LogP contribution in [0.15, 0.2) is 35.3 Å². The van der Waals surface area contributed by atoms with Crippen LogP contribution in [0.1, 0.15) is 34.3 Å². The SMILES string of the molecule is Cc1cn(C)c([C@H]2CCN(C(=O)c3n[nH]c(=O)c4ccccc34)C2)n1. The van der Waals surface area contributed by atoms with E-state index in [1.807, 2.05) is 30.8 Å². The molecule has 1 aliphatic heterocycles. The molecule has 0 spiro atoms. The predicted molar refractivity (Wildman–Crippen MR) is 93.6 cm³/mol. The molecule has 0 saturated carbocycles. The molecule has 1 N–H and O–H groups in total. The summed E-state index contributed by atoms with van der Waals surface area (Å²) in [5.74, 6) is 1.07. The van der Waals surface area contributed by atoms with E-state index < -0.39 is 0 Å². The topological polar surface area (TPSA) is 83.9 Å². The van der Waals surface area contributed by atoms with Gasteiger partial charge >= 0.3 is 0 Å². The average molecular weight is 337 g/mol. The number of likely N-dealkylation sites (tertiary alicyclic amines) is 1. The van der Waals surface area contributed by atoms with E-state index in [0.717, 1.165) is 17.9 Å². The fourth-order valence-electron chi connectivity index (χ4n) is 3.60. The Morgan fingerprint density at radius 1 is 1.28 bits per heavy atom. The van der Waals surface area contributed by atoms with E-state index >= 15 is 0 Å². The molecule has 128 valence electrons. The average Bonchev–Trinajstić information content (AvgIpc) is 3.21. The fraction of sp³-hybridized carbons (Fsp3) is 0.333. The molecule has 1 atom stereocenters. The summed E-state index contributed by atoms with van der Waals surface area (Å²) >= 11 is 0. The van der Waals surface area contributed by atoms with Gasteiger partial charge in [0, 0.05) is 37.6 Å². The molecule has 0 radical (unpaired) electrons. The molecule has 2 aromatic heterocycles. The Kier molecular flexibility index (Phi) is 3.63. The highest BCUT2D eigenvalue weighted by Gasteiger charge is 2.31. The molecule has 0 bridgehead atoms. The van der Waals surface area contributed by atoms with Crippen molar-refractivity contribution in [3.63, 3.8) is 0 Å². The number of carbonyl (C=O) groups is 1. The van der Waals surface area contributed by atoms with Gasteiger partial charge in [0.1, 0.15) is 5.82 Å². The van der Waals surface area contributed by atoms with Gasteiger partial charge in [-0.3, -0.25) is 9.59 Å². The number of fused-ring (bicyclic) bond motifs is 1. The Morgan fingerprint density at radius 3 is 2.76 bits per heavy atom. The molecule has 1 aliphatic rings. The number of hydrogen-bond donors (Lipinski definition) is 1. The monoisotopic (exact) mass is 337 g/mol. The van der Waals surface area contributed by atoms with E-state index in [9.17, 15) is 9.59 Å². The zero-order chi connectivity index (χ0) is 17.6. The number of hydrogen-bond acceptors (Lipinski definition) is 4. The number of rotatable bonds is 2. The molecule has 25 heavy (non-hydrogen) atoms. The van der Waals surface area contributed by atoms with Gasteiger partial charge in [0.15, 0.2) is 5.69 Å². The quantitative estimate of drug-likeness (QED) is 0.770. The normalized spacial score (nSPS) is 17.4. The van der Waals surface area contributed by atoms with Crippen LogP contribution in [0.3, 0.4) is 0 Å². The number of nitrogens with zero attached hydrogens (tertiary/aromatic N) is 4. The molecule has 7 nitrogen and oxygen atoms in total. The van der Waals surface area contributed by atoms with Crippen molar-refractivity contribution < 1.29 is 4.79 Å². The second-order valence-electron chi connectivity index (χ2n) is 6.54. The molecule has 0 unspecified atom stereocenters. The van der Waals surface area contributed by atoms with Gasteiger partial charge < -0.3 is 9.47 Å². The van der Waals surface area contributed by atoms with E-state index in [2.05, 4.69) is 15.2 Å². The van der Waals surface area contributed by atoms with Crippen LogP contribution in [0, 0.1) is 6.92 Å². The van der Waals surface area contributed by atoms with Crippen LogP contribution in [0.4, 0.5) is 0 Å². The Bertz CT molecular complexity index is 1020. The number of aromatic amines is 1. The first kappa shape index (κ1) is 15.6. The van der Waals surface area contributed by atoms with Gasteiger partial charge in [0.05, 0.1) is 11.1 Å². The second-order valence-corrected chi connectivity index (χ2v) is 6.54. The second kappa shape index (κ2) is 5.84. The first-order valence-corrected chi connectivity index (χ1v) is 8.31. The van der Waals surface area contributed by atoms with Gasteiger partial charge in [-0.15, -0.1) is 0 Å². The van der Waals surface area contributed by atoms with Crippen molar-refractivity contribution in [1.29, 1.82) is 0 Å². The van der Waals surface area contributed by atoms with Crippen LogP contribution in [-0.4, -0.2) is 43.6 Å². The van der Waals surface area contributed by atoms with E-state index in [0.29, 0.717) is 29.6 Å². The third kappa shape index (κ3) is 2.61. The molecule has 3 aromatic rings. The zero-order valence-electron chi connectivity index (χ0n) is 14.2. The highest BCUT2D eigenvalue weighted by atomic mass is 16.2. The predicted octanol–water partition coefficient (Wildman–Crippen LogP) is 1.59. The maximum atomic E-state index is 13.0. The van der Waals surface area contributed by atoms with Crippen molar-refractivity contribution in [2.75, 3.05) is 13.1 Å². The Balaban J connectivity index is 1.64. The number of carbonyl (C=O) groups excluding carboxylic acids is 1. The smallest absolute Gasteiger partial charge is 0.274 e. The summed E-state index contributed by atoms with van der Waals surface area (Å²) in [7, 11) is 1.98. The van der Waals surface area contributed by atoms with Crippen molar-refractivity contribution in [3.8, 4) is 0 Å². The van der Waals surface area contributed by atoms with E-state index in [1.54, 1.807) is 23.1 Å². The molecule has 1 amide bonds. The van der Waals surface area contributed by atoms with Gasteiger partial charge in [0.25, 0.3) is 11.5 Å². The highest BCUT2D eigenvalue weighted by molar-refractivity contribution is 6.04. The third-order valence-electron chi connectivity index (χ3n) is 4.77. The largest absolute Gasteiger partial charge is 0.337 e. The molecule has 4 rings (SSSR count). The summed E-state index contributed by atoms with van der Waals surface area (Å²) in [6, 6.07) is 7.06. The summed E-state index contributed by atoms with van der Waals surface area (Å²) in [5, 5.41) is 7.53. The summed E-state index contributed by atoms with van der Waals surface area (Å²) in [6.07, 6.45) is 2.87. The van der Waals surface area contributed by atoms with E-state index in [1.165, 1.54) is 0 Å². The summed E-state index contributed by atoms with van der Waals surface area (Å²) in [5.41, 5.74) is 0.998. The Hall–Kier alpha value is -2.96. The number of aromatic nitrogens is 4. The minimum atomic E-state index is -0.282. The lowest BCUT2D eigenvalue weighted by Gasteiger charge is -2.16. The number of benzene rings is 1. The summed E-state index contributed by atoms with van der Waals surface area (Å²) < 4.78 is 2.03. The summed E-state index contributed by atoms with van der Waals surface area (Å²) in [6.45, 7) is 3.24. The maximum absolute atomic E-state index is 13.0. The van der Waals surface area contributed by atoms with Gasteiger partial charge in [-0.05, 0) is 19.4 Å². The first-order valence-electron chi connectivity index (χ1n) is 8.31. The van der Waals surface area contributed by atoms with Crippen molar-refractivity contribution in [1.82, 2.24) is 24.6 Å². The van der Waals surface area contributed by atoms with Crippen LogP contribution < -0.4 is 5.56 Å². The first-order chi connectivity index (χ1) is 12.0. The van der Waals surface area contributed by atoms with E-state index in [4.69, 9.17) is 0 Å². The highest BCUT2D eigenvalue weighted by Crippen LogP contribution is 2.28. The summed E-state index contributed by atoms with van der Waals surface area (Å²) in [4.78, 5) is 31.2. The van der Waals surface area contributed by atoms with Crippen LogP contribution in [-0.2, 0) is 7.05 Å². The minimum absolute atomic E-state index is 0.152. The standard InChI is InChI=1S/C18H19N5O2/c1-11-9-22(2)16(19-11)12-7-8-23(10-12)18(25)15-13-5-3-4-6-14(13)17(24)21-20-15/h3-6,9,12H,7-8,10H2,1-2H3,(H,21,24)/t12-/m0/s1. The fourth-order valence-corrected chi connectivity index (χ4v) is 3.60. The van der Waals surface area contributed by atoms with Gasteiger partial charge in [-0.25, -0.2) is 10.1 Å². The van der Waals surface area contributed by atoms with Crippen LogP contribution in [0.5, 0.6) is 0 Å². The lowest BCUT2D eigenvalue weighted by Crippen LogP contribution is -2.30. The van der Waals surface area contributed by atoms with Gasteiger partial charge in [0.2, 0.25) is 0 Å².